The van der Waals surface area contributed by atoms with E-state index in [-0.39, 0.29) is 0 Å². The van der Waals surface area contributed by atoms with Gasteiger partial charge in [0.15, 0.2) is 0 Å². The highest BCUT2D eigenvalue weighted by Crippen LogP contribution is 2.66. The maximum absolute atomic E-state index is 10.6. The van der Waals surface area contributed by atoms with Gasteiger partial charge in [-0.1, -0.05) is 0 Å². The Kier molecular flexibility index (Phi) is 5.39. The first kappa shape index (κ1) is 15.1. The molecule has 0 aliphatic rings. The van der Waals surface area contributed by atoms with Crippen molar-refractivity contribution in [2.24, 2.45) is 0 Å². The molecule has 86 valence electrons. The summed E-state index contributed by atoms with van der Waals surface area (Å²) < 4.78 is 41.5. The molecule has 10 nitrogen and oxygen atoms in total. The molecule has 0 saturated heterocycles. The molecule has 14 heavy (non-hydrogen) atoms. The molecule has 0 spiro atoms. The van der Waals surface area contributed by atoms with Crippen LogP contribution in [-0.2, 0) is 25.2 Å². The van der Waals surface area contributed by atoms with E-state index >= 15 is 0 Å². The van der Waals surface area contributed by atoms with E-state index in [2.05, 4.69) is 11.5 Å². The van der Waals surface area contributed by atoms with Crippen LogP contribution in [0.1, 0.15) is 0 Å². The molecular weight excluding hydrogens is 380 g/mol. The third-order valence-corrected chi connectivity index (χ3v) is 5.50. The van der Waals surface area contributed by atoms with Crippen molar-refractivity contribution < 1.29 is 44.7 Å². The van der Waals surface area contributed by atoms with E-state index in [0.717, 1.165) is 23.0 Å². The van der Waals surface area contributed by atoms with Crippen LogP contribution in [-0.4, -0.2) is 19.6 Å². The highest BCUT2D eigenvalue weighted by Gasteiger charge is 2.40. The van der Waals surface area contributed by atoms with Crippen LogP contribution in [0, 0.1) is 0 Å². The molecule has 4 N–H and O–H groups in total. The zero-order chi connectivity index (χ0) is 11.6. The van der Waals surface area contributed by atoms with Crippen molar-refractivity contribution in [2.75, 3.05) is 0 Å². The van der Waals surface area contributed by atoms with Gasteiger partial charge in [0, 0.05) is 0 Å². The maximum Gasteiger partial charge on any atom is 0.490 e. The Morgan fingerprint density at radius 2 is 1.29 bits per heavy atom. The Labute approximate surface area is 91.4 Å². The lowest BCUT2D eigenvalue weighted by Gasteiger charge is -2.13. The molecule has 0 aromatic carbocycles. The second-order valence-electron chi connectivity index (χ2n) is 1.66. The Morgan fingerprint density at radius 3 is 1.57 bits per heavy atom. The molecule has 0 saturated carbocycles. The Balaban J connectivity index is 4.60. The van der Waals surface area contributed by atoms with Gasteiger partial charge < -0.3 is 19.6 Å². The van der Waals surface area contributed by atoms with E-state index < -0.39 is 23.5 Å². The molecule has 2 unspecified atom stereocenters. The molecule has 0 aliphatic carbocycles. The third-order valence-electron chi connectivity index (χ3n) is 0.503. The van der Waals surface area contributed by atoms with Crippen molar-refractivity contribution in [3.8, 4) is 0 Å². The molecule has 0 radical (unpaired) electrons. The van der Waals surface area contributed by atoms with Crippen molar-refractivity contribution >= 4 is 46.5 Å². The number of hydrogen-bond donors (Lipinski definition) is 4. The first-order valence-electron chi connectivity index (χ1n) is 2.41. The van der Waals surface area contributed by atoms with Gasteiger partial charge in [-0.3, -0.25) is 0 Å². The zero-order valence-corrected chi connectivity index (χ0v) is 10.8. The van der Waals surface area contributed by atoms with Crippen molar-refractivity contribution in [3.05, 3.63) is 0 Å². The van der Waals surface area contributed by atoms with E-state index in [0.29, 0.717) is 0 Å². The molecule has 0 amide bonds. The molecule has 14 heteroatoms. The molecule has 0 heterocycles. The number of halogens is 1. The first-order chi connectivity index (χ1) is 5.97. The predicted octanol–water partition coefficient (Wildman–Crippen LogP) is 0.680. The Morgan fingerprint density at radius 1 is 0.857 bits per heavy atom. The molecule has 0 aliphatic heterocycles. The van der Waals surface area contributed by atoms with E-state index in [1.165, 1.54) is 0 Å². The highest BCUT2D eigenvalue weighted by molar-refractivity contribution is 14.1. The zero-order valence-electron chi connectivity index (χ0n) is 5.96. The fourth-order valence-corrected chi connectivity index (χ4v) is 3.55. The van der Waals surface area contributed by atoms with Gasteiger partial charge in [0.2, 0.25) is 0 Å². The van der Waals surface area contributed by atoms with Gasteiger partial charge in [0.05, 0.1) is 0 Å². The van der Waals surface area contributed by atoms with Gasteiger partial charge in [0.1, 0.15) is 23.0 Å². The van der Waals surface area contributed by atoms with Crippen LogP contribution in [0.25, 0.3) is 0 Å². The van der Waals surface area contributed by atoms with Crippen LogP contribution in [0.5, 0.6) is 0 Å². The van der Waals surface area contributed by atoms with Crippen molar-refractivity contribution in [2.45, 2.75) is 0 Å². The fourth-order valence-electron chi connectivity index (χ4n) is 0.292. The van der Waals surface area contributed by atoms with Crippen LogP contribution >= 0.6 is 46.5 Å². The molecular formula is H4IO10P3. The van der Waals surface area contributed by atoms with Gasteiger partial charge >= 0.3 is 23.5 Å². The number of phosphoric acid groups is 3. The largest absolute Gasteiger partial charge is 0.490 e. The lowest BCUT2D eigenvalue weighted by Crippen LogP contribution is -1.92. The predicted molar refractivity (Wildman–Crippen MR) is 49.0 cm³/mol. The van der Waals surface area contributed by atoms with Crippen LogP contribution in [0.15, 0.2) is 0 Å². The van der Waals surface area contributed by atoms with Gasteiger partial charge in [0.25, 0.3) is 0 Å². The summed E-state index contributed by atoms with van der Waals surface area (Å²) in [4.78, 5) is 33.2. The van der Waals surface area contributed by atoms with Gasteiger partial charge in [-0.05, 0) is 0 Å². The second-order valence-corrected chi connectivity index (χ2v) is 7.14. The highest BCUT2D eigenvalue weighted by atomic mass is 127. The summed E-state index contributed by atoms with van der Waals surface area (Å²) >= 11 is 0.888. The van der Waals surface area contributed by atoms with Gasteiger partial charge in [-0.2, -0.15) is 8.62 Å². The topological polar surface area (TPSA) is 160 Å². The standard InChI is InChI=1S/H4IO10P3/c1-9-13(5,6)11-14(7,8)10-12(2,3)4/h(H,5,6)(H,7,8)(H2,2,3,4). The van der Waals surface area contributed by atoms with Crippen LogP contribution in [0.2, 0.25) is 0 Å². The van der Waals surface area contributed by atoms with Crippen molar-refractivity contribution in [1.82, 2.24) is 0 Å². The third kappa shape index (κ3) is 7.43. The minimum Gasteiger partial charge on any atom is -0.302 e. The summed E-state index contributed by atoms with van der Waals surface area (Å²) in [6.45, 7) is 0. The normalized spacial score (nSPS) is 21.2. The summed E-state index contributed by atoms with van der Waals surface area (Å²) in [5.41, 5.74) is 0. The van der Waals surface area contributed by atoms with E-state index in [1.54, 1.807) is 0 Å². The number of hydrogen-bond acceptors (Lipinski definition) is 6. The minimum absolute atomic E-state index is 0.888. The summed E-state index contributed by atoms with van der Waals surface area (Å²) in [5.74, 6) is 0. The van der Waals surface area contributed by atoms with Crippen LogP contribution < -0.4 is 0 Å². The minimum atomic E-state index is -5.36. The monoisotopic (exact) mass is 384 g/mol. The first-order valence-corrected chi connectivity index (χ1v) is 7.82. The van der Waals surface area contributed by atoms with E-state index in [1.807, 2.05) is 0 Å². The van der Waals surface area contributed by atoms with Gasteiger partial charge in [-0.15, -0.1) is 0 Å². The Hall–Kier alpha value is 1.14. The van der Waals surface area contributed by atoms with E-state index in [4.69, 9.17) is 19.6 Å². The molecule has 0 bridgehead atoms. The van der Waals surface area contributed by atoms with Gasteiger partial charge in [-0.25, -0.2) is 16.5 Å². The van der Waals surface area contributed by atoms with Crippen molar-refractivity contribution in [1.29, 1.82) is 0 Å². The lowest BCUT2D eigenvalue weighted by molar-refractivity contribution is 0.212. The lowest BCUT2D eigenvalue weighted by atomic mass is 15.7. The molecule has 0 rings (SSSR count). The van der Waals surface area contributed by atoms with E-state index in [9.17, 15) is 13.7 Å². The molecule has 2 atom stereocenters. The summed E-state index contributed by atoms with van der Waals surface area (Å²) in [5, 5.41) is 0. The fraction of sp³-hybridized carbons (Fsp3) is 0. The van der Waals surface area contributed by atoms with Crippen LogP contribution in [0.4, 0.5) is 0 Å². The SMILES string of the molecule is O=P(O)(O)OP(=O)(O)OP(=O)(O)OI. The van der Waals surface area contributed by atoms with Crippen LogP contribution in [0.3, 0.4) is 0 Å². The smallest absolute Gasteiger partial charge is 0.302 e. The Bertz CT molecular complexity index is 324. The number of rotatable bonds is 5. The summed E-state index contributed by atoms with van der Waals surface area (Å²) in [7, 11) is -15.5. The summed E-state index contributed by atoms with van der Waals surface area (Å²) in [6.07, 6.45) is 0. The molecule has 0 fully saturated rings. The average Bonchev–Trinajstić information content (AvgIpc) is 1.78. The second kappa shape index (κ2) is 4.98. The summed E-state index contributed by atoms with van der Waals surface area (Å²) in [6, 6.07) is 0. The van der Waals surface area contributed by atoms with Crippen molar-refractivity contribution in [3.63, 3.8) is 0 Å². The quantitative estimate of drug-likeness (QED) is 0.392. The maximum atomic E-state index is 10.6. The molecule has 0 aromatic rings. The average molecular weight is 384 g/mol. The molecule has 0 aromatic heterocycles.